The lowest BCUT2D eigenvalue weighted by molar-refractivity contribution is -0.155. The monoisotopic (exact) mass is 226 g/mol. The van der Waals surface area contributed by atoms with Crippen molar-refractivity contribution in [2.45, 2.75) is 59.8 Å². The largest absolute Gasteiger partial charge is 0.481 e. The number of hydrogen-bond acceptors (Lipinski definition) is 1. The molecule has 1 rings (SSSR count). The molecule has 1 aliphatic rings. The smallest absolute Gasteiger partial charge is 0.309 e. The molecule has 1 saturated carbocycles. The lowest BCUT2D eigenvalue weighted by atomic mass is 9.62. The average Bonchev–Trinajstić information content (AvgIpc) is 2.25. The molecule has 16 heavy (non-hydrogen) atoms. The maximum Gasteiger partial charge on any atom is 0.309 e. The van der Waals surface area contributed by atoms with Crippen LogP contribution in [-0.2, 0) is 4.79 Å². The first kappa shape index (κ1) is 13.5. The van der Waals surface area contributed by atoms with Gasteiger partial charge in [0.15, 0.2) is 0 Å². The van der Waals surface area contributed by atoms with Crippen molar-refractivity contribution < 1.29 is 9.90 Å². The number of rotatable bonds is 4. The van der Waals surface area contributed by atoms with Crippen LogP contribution in [0.2, 0.25) is 0 Å². The highest BCUT2D eigenvalue weighted by atomic mass is 16.4. The zero-order valence-electron chi connectivity index (χ0n) is 11.1. The van der Waals surface area contributed by atoms with Gasteiger partial charge in [0.1, 0.15) is 0 Å². The molecule has 1 fully saturated rings. The van der Waals surface area contributed by atoms with Gasteiger partial charge in [0.05, 0.1) is 5.41 Å². The summed E-state index contributed by atoms with van der Waals surface area (Å²) in [6.07, 6.45) is 4.92. The summed E-state index contributed by atoms with van der Waals surface area (Å²) in [4.78, 5) is 11.6. The van der Waals surface area contributed by atoms with Crippen LogP contribution in [0.4, 0.5) is 0 Å². The fraction of sp³-hybridized carbons (Fsp3) is 0.929. The van der Waals surface area contributed by atoms with E-state index in [1.165, 1.54) is 6.42 Å². The Morgan fingerprint density at radius 2 is 1.75 bits per heavy atom. The topological polar surface area (TPSA) is 37.3 Å². The predicted octanol–water partition coefficient (Wildman–Crippen LogP) is 3.95. The van der Waals surface area contributed by atoms with Gasteiger partial charge >= 0.3 is 5.97 Å². The molecule has 0 aromatic rings. The van der Waals surface area contributed by atoms with Gasteiger partial charge in [0, 0.05) is 0 Å². The second-order valence-corrected chi connectivity index (χ2v) is 5.63. The second kappa shape index (κ2) is 5.20. The molecule has 0 spiro atoms. The van der Waals surface area contributed by atoms with E-state index >= 15 is 0 Å². The van der Waals surface area contributed by atoms with Gasteiger partial charge in [0.25, 0.3) is 0 Å². The van der Waals surface area contributed by atoms with Crippen LogP contribution in [0.1, 0.15) is 59.8 Å². The van der Waals surface area contributed by atoms with E-state index in [4.69, 9.17) is 0 Å². The van der Waals surface area contributed by atoms with Gasteiger partial charge in [-0.05, 0) is 43.4 Å². The lowest BCUT2D eigenvalue weighted by Crippen LogP contribution is -2.41. The van der Waals surface area contributed by atoms with Crippen LogP contribution in [0.3, 0.4) is 0 Å². The molecular formula is C14H26O2. The van der Waals surface area contributed by atoms with Gasteiger partial charge in [0.2, 0.25) is 0 Å². The molecule has 0 amide bonds. The Hall–Kier alpha value is -0.530. The molecular weight excluding hydrogens is 200 g/mol. The molecule has 3 unspecified atom stereocenters. The van der Waals surface area contributed by atoms with Gasteiger partial charge in [-0.2, -0.15) is 0 Å². The first-order chi connectivity index (χ1) is 7.47. The summed E-state index contributed by atoms with van der Waals surface area (Å²) in [6, 6.07) is 0. The minimum absolute atomic E-state index is 0.381. The maximum absolute atomic E-state index is 11.6. The third kappa shape index (κ3) is 2.26. The van der Waals surface area contributed by atoms with E-state index in [0.717, 1.165) is 31.6 Å². The Morgan fingerprint density at radius 3 is 2.12 bits per heavy atom. The van der Waals surface area contributed by atoms with E-state index in [-0.39, 0.29) is 0 Å². The summed E-state index contributed by atoms with van der Waals surface area (Å²) in [6.45, 7) is 8.62. The zero-order valence-corrected chi connectivity index (χ0v) is 11.1. The molecule has 94 valence electrons. The van der Waals surface area contributed by atoms with E-state index in [1.807, 2.05) is 13.8 Å². The molecule has 0 bridgehead atoms. The van der Waals surface area contributed by atoms with Crippen molar-refractivity contribution in [1.82, 2.24) is 0 Å². The minimum Gasteiger partial charge on any atom is -0.481 e. The molecule has 1 N–H and O–H groups in total. The third-order valence-electron chi connectivity index (χ3n) is 5.07. The predicted molar refractivity (Wildman–Crippen MR) is 66.3 cm³/mol. The molecule has 0 aromatic carbocycles. The molecule has 2 nitrogen and oxygen atoms in total. The SMILES string of the molecule is CCC(CC)(C(=O)O)C1CCC(C)C(C)C1. The highest BCUT2D eigenvalue weighted by Crippen LogP contribution is 2.46. The van der Waals surface area contributed by atoms with Crippen molar-refractivity contribution in [3.05, 3.63) is 0 Å². The van der Waals surface area contributed by atoms with Crippen LogP contribution in [0.25, 0.3) is 0 Å². The maximum atomic E-state index is 11.6. The van der Waals surface area contributed by atoms with E-state index in [1.54, 1.807) is 0 Å². The second-order valence-electron chi connectivity index (χ2n) is 5.63. The van der Waals surface area contributed by atoms with Crippen LogP contribution < -0.4 is 0 Å². The fourth-order valence-electron chi connectivity index (χ4n) is 3.35. The van der Waals surface area contributed by atoms with Crippen LogP contribution >= 0.6 is 0 Å². The van der Waals surface area contributed by atoms with Crippen molar-refractivity contribution in [3.63, 3.8) is 0 Å². The van der Waals surface area contributed by atoms with Gasteiger partial charge < -0.3 is 5.11 Å². The summed E-state index contributed by atoms with van der Waals surface area (Å²) in [5.41, 5.74) is -0.464. The van der Waals surface area contributed by atoms with E-state index in [0.29, 0.717) is 11.8 Å². The molecule has 0 saturated heterocycles. The molecule has 0 radical (unpaired) electrons. The molecule has 3 atom stereocenters. The first-order valence-corrected chi connectivity index (χ1v) is 6.71. The van der Waals surface area contributed by atoms with Crippen molar-refractivity contribution >= 4 is 5.97 Å². The Kier molecular flexibility index (Phi) is 4.40. The van der Waals surface area contributed by atoms with Crippen LogP contribution in [-0.4, -0.2) is 11.1 Å². The van der Waals surface area contributed by atoms with Gasteiger partial charge in [-0.25, -0.2) is 0 Å². The Balaban J connectivity index is 2.84. The summed E-state index contributed by atoms with van der Waals surface area (Å²) in [5.74, 6) is 1.24. The van der Waals surface area contributed by atoms with Crippen molar-refractivity contribution in [1.29, 1.82) is 0 Å². The summed E-state index contributed by atoms with van der Waals surface area (Å²) in [5, 5.41) is 9.53. The number of carboxylic acid groups (broad SMARTS) is 1. The quantitative estimate of drug-likeness (QED) is 0.788. The number of carbonyl (C=O) groups is 1. The minimum atomic E-state index is -0.579. The number of aliphatic carboxylic acids is 1. The lowest BCUT2D eigenvalue weighted by Gasteiger charge is -2.42. The Bertz CT molecular complexity index is 243. The van der Waals surface area contributed by atoms with Gasteiger partial charge in [-0.1, -0.05) is 34.1 Å². The van der Waals surface area contributed by atoms with Gasteiger partial charge in [-0.15, -0.1) is 0 Å². The summed E-state index contributed by atoms with van der Waals surface area (Å²) < 4.78 is 0. The Morgan fingerprint density at radius 1 is 1.19 bits per heavy atom. The van der Waals surface area contributed by atoms with E-state index in [9.17, 15) is 9.90 Å². The molecule has 0 heterocycles. The van der Waals surface area contributed by atoms with Crippen molar-refractivity contribution in [2.24, 2.45) is 23.2 Å². The normalized spacial score (nSPS) is 31.4. The molecule has 0 aliphatic heterocycles. The highest BCUT2D eigenvalue weighted by molar-refractivity contribution is 5.75. The number of carboxylic acids is 1. The van der Waals surface area contributed by atoms with Crippen LogP contribution in [0, 0.1) is 23.2 Å². The summed E-state index contributed by atoms with van der Waals surface area (Å²) in [7, 11) is 0. The van der Waals surface area contributed by atoms with E-state index in [2.05, 4.69) is 13.8 Å². The fourth-order valence-corrected chi connectivity index (χ4v) is 3.35. The van der Waals surface area contributed by atoms with Crippen molar-refractivity contribution in [3.8, 4) is 0 Å². The Labute approximate surface area is 99.4 Å². The number of hydrogen-bond donors (Lipinski definition) is 1. The average molecular weight is 226 g/mol. The highest BCUT2D eigenvalue weighted by Gasteiger charge is 2.44. The van der Waals surface area contributed by atoms with Crippen LogP contribution in [0.5, 0.6) is 0 Å². The van der Waals surface area contributed by atoms with Crippen molar-refractivity contribution in [2.75, 3.05) is 0 Å². The van der Waals surface area contributed by atoms with Crippen LogP contribution in [0.15, 0.2) is 0 Å². The molecule has 2 heteroatoms. The van der Waals surface area contributed by atoms with Gasteiger partial charge in [-0.3, -0.25) is 4.79 Å². The molecule has 1 aliphatic carbocycles. The van der Waals surface area contributed by atoms with E-state index < -0.39 is 11.4 Å². The standard InChI is InChI=1S/C14H26O2/c1-5-14(6-2,13(15)16)12-8-7-10(3)11(4)9-12/h10-12H,5-9H2,1-4H3,(H,15,16). The third-order valence-corrected chi connectivity index (χ3v) is 5.07. The zero-order chi connectivity index (χ0) is 12.3. The first-order valence-electron chi connectivity index (χ1n) is 6.71. The molecule has 0 aromatic heterocycles. The summed E-state index contributed by atoms with van der Waals surface area (Å²) >= 11 is 0.